The first-order valence-electron chi connectivity index (χ1n) is 12.3. The number of anilines is 3. The zero-order chi connectivity index (χ0) is 26.4. The van der Waals surface area contributed by atoms with Gasteiger partial charge in [-0.05, 0) is 72.6 Å². The summed E-state index contributed by atoms with van der Waals surface area (Å²) in [5, 5.41) is 11.5. The van der Waals surface area contributed by atoms with Crippen LogP contribution >= 0.6 is 0 Å². The smallest absolute Gasteiger partial charge is 0.300 e. The number of hydrogen-bond acceptors (Lipinski definition) is 6. The normalized spacial score (nSPS) is 20.1. The van der Waals surface area contributed by atoms with Crippen molar-refractivity contribution in [1.82, 2.24) is 0 Å². The standard InChI is InChI=1S/C30H31N3O4/c1-18-16-21-17-20(8-15-25(21)37-18)28(34)26-27(19-6-9-22(10-7-19)31(2)3)33(30(36)29(26)35)24-13-11-23(12-14-24)32(4)5/h6-15,17-18,27,34H,16H2,1-5H3/b28-26-. The van der Waals surface area contributed by atoms with Crippen molar-refractivity contribution < 1.29 is 19.4 Å². The molecule has 0 spiro atoms. The molecule has 2 aliphatic rings. The SMILES string of the molecule is CC1Cc2cc(/C(O)=C3/C(=O)C(=O)N(c4ccc(N(C)C)cc4)C3c3ccc(N(C)C)cc3)ccc2O1. The number of carbonyl (C=O) groups is 2. The van der Waals surface area contributed by atoms with Crippen molar-refractivity contribution in [3.63, 3.8) is 0 Å². The summed E-state index contributed by atoms with van der Waals surface area (Å²) in [6.07, 6.45) is 0.775. The van der Waals surface area contributed by atoms with Gasteiger partial charge in [0, 0.05) is 57.2 Å². The number of rotatable bonds is 5. The highest BCUT2D eigenvalue weighted by Crippen LogP contribution is 2.43. The lowest BCUT2D eigenvalue weighted by atomic mass is 9.94. The zero-order valence-electron chi connectivity index (χ0n) is 21.7. The highest BCUT2D eigenvalue weighted by molar-refractivity contribution is 6.51. The highest BCUT2D eigenvalue weighted by Gasteiger charge is 2.47. The number of nitrogens with zero attached hydrogens (tertiary/aromatic N) is 3. The van der Waals surface area contributed by atoms with Crippen LogP contribution in [-0.4, -0.2) is 51.1 Å². The number of benzene rings is 3. The number of fused-ring (bicyclic) bond motifs is 1. The minimum atomic E-state index is -0.773. The fraction of sp³-hybridized carbons (Fsp3) is 0.267. The second kappa shape index (κ2) is 9.32. The molecule has 1 fully saturated rings. The Kier molecular flexibility index (Phi) is 6.15. The average molecular weight is 498 g/mol. The molecule has 7 heteroatoms. The van der Waals surface area contributed by atoms with Gasteiger partial charge in [-0.3, -0.25) is 14.5 Å². The number of ether oxygens (including phenoxy) is 1. The fourth-order valence-corrected chi connectivity index (χ4v) is 5.01. The van der Waals surface area contributed by atoms with Crippen LogP contribution in [0.1, 0.15) is 29.7 Å². The summed E-state index contributed by atoms with van der Waals surface area (Å²) in [4.78, 5) is 32.4. The van der Waals surface area contributed by atoms with Gasteiger partial charge in [0.1, 0.15) is 17.6 Å². The molecule has 37 heavy (non-hydrogen) atoms. The number of ketones is 1. The van der Waals surface area contributed by atoms with Gasteiger partial charge in [-0.1, -0.05) is 12.1 Å². The Morgan fingerprint density at radius 1 is 0.892 bits per heavy atom. The van der Waals surface area contributed by atoms with E-state index in [1.165, 1.54) is 4.90 Å². The van der Waals surface area contributed by atoms with E-state index in [0.29, 0.717) is 11.3 Å². The van der Waals surface area contributed by atoms with Crippen molar-refractivity contribution in [2.45, 2.75) is 25.5 Å². The molecule has 1 N–H and O–H groups in total. The van der Waals surface area contributed by atoms with E-state index in [1.54, 1.807) is 6.07 Å². The molecule has 3 aromatic rings. The quantitative estimate of drug-likeness (QED) is 0.311. The van der Waals surface area contributed by atoms with E-state index < -0.39 is 17.7 Å². The van der Waals surface area contributed by atoms with Crippen molar-refractivity contribution in [1.29, 1.82) is 0 Å². The van der Waals surface area contributed by atoms with Crippen LogP contribution in [0.5, 0.6) is 5.75 Å². The van der Waals surface area contributed by atoms with Crippen LogP contribution in [0.2, 0.25) is 0 Å². The van der Waals surface area contributed by atoms with Gasteiger partial charge >= 0.3 is 0 Å². The molecule has 3 aromatic carbocycles. The molecule has 2 atom stereocenters. The predicted molar refractivity (Wildman–Crippen MR) is 147 cm³/mol. The number of carbonyl (C=O) groups excluding carboxylic acids is 2. The lowest BCUT2D eigenvalue weighted by molar-refractivity contribution is -0.132. The minimum absolute atomic E-state index is 0.0540. The Labute approximate surface area is 217 Å². The number of aliphatic hydroxyl groups excluding tert-OH is 1. The Morgan fingerprint density at radius 3 is 2.08 bits per heavy atom. The van der Waals surface area contributed by atoms with Gasteiger partial charge in [-0.2, -0.15) is 0 Å². The van der Waals surface area contributed by atoms with E-state index in [9.17, 15) is 14.7 Å². The molecule has 5 rings (SSSR count). The Balaban J connectivity index is 1.66. The summed E-state index contributed by atoms with van der Waals surface area (Å²) in [5.74, 6) is -0.781. The maximum atomic E-state index is 13.5. The monoisotopic (exact) mass is 497 g/mol. The molecule has 2 heterocycles. The first-order chi connectivity index (χ1) is 17.7. The third-order valence-corrected chi connectivity index (χ3v) is 6.98. The Bertz CT molecular complexity index is 1390. The van der Waals surface area contributed by atoms with E-state index in [2.05, 4.69) is 0 Å². The molecular formula is C30H31N3O4. The van der Waals surface area contributed by atoms with Gasteiger partial charge in [0.25, 0.3) is 11.7 Å². The van der Waals surface area contributed by atoms with E-state index in [1.807, 2.05) is 106 Å². The zero-order valence-corrected chi connectivity index (χ0v) is 21.7. The fourth-order valence-electron chi connectivity index (χ4n) is 5.01. The number of amides is 1. The molecule has 0 aromatic heterocycles. The molecule has 2 unspecified atom stereocenters. The molecule has 0 saturated carbocycles. The topological polar surface area (TPSA) is 73.3 Å². The summed E-state index contributed by atoms with van der Waals surface area (Å²) in [6, 6.07) is 19.8. The predicted octanol–water partition coefficient (Wildman–Crippen LogP) is 4.77. The molecule has 1 amide bonds. The van der Waals surface area contributed by atoms with Crippen LogP contribution in [0.4, 0.5) is 17.1 Å². The maximum absolute atomic E-state index is 13.5. The van der Waals surface area contributed by atoms with Gasteiger partial charge in [-0.25, -0.2) is 0 Å². The van der Waals surface area contributed by atoms with Gasteiger partial charge in [0.05, 0.1) is 11.6 Å². The third-order valence-electron chi connectivity index (χ3n) is 6.98. The number of Topliss-reactive ketones (excluding diaryl/α,β-unsaturated/α-hetero) is 1. The van der Waals surface area contributed by atoms with Crippen LogP contribution in [0.15, 0.2) is 72.3 Å². The summed E-state index contributed by atoms with van der Waals surface area (Å²) in [5.41, 5.74) is 4.83. The van der Waals surface area contributed by atoms with Crippen LogP contribution < -0.4 is 19.4 Å². The van der Waals surface area contributed by atoms with Crippen LogP contribution in [0.3, 0.4) is 0 Å². The molecular weight excluding hydrogens is 466 g/mol. The molecule has 0 aliphatic carbocycles. The maximum Gasteiger partial charge on any atom is 0.300 e. The van der Waals surface area contributed by atoms with Crippen molar-refractivity contribution in [2.24, 2.45) is 0 Å². The van der Waals surface area contributed by atoms with E-state index in [-0.39, 0.29) is 17.4 Å². The summed E-state index contributed by atoms with van der Waals surface area (Å²) in [7, 11) is 7.78. The summed E-state index contributed by atoms with van der Waals surface area (Å²) < 4.78 is 5.79. The van der Waals surface area contributed by atoms with Gasteiger partial charge in [0.2, 0.25) is 0 Å². The van der Waals surface area contributed by atoms with E-state index in [0.717, 1.165) is 34.7 Å². The van der Waals surface area contributed by atoms with Crippen molar-refractivity contribution in [3.8, 4) is 5.75 Å². The minimum Gasteiger partial charge on any atom is -0.507 e. The molecule has 2 aliphatic heterocycles. The largest absolute Gasteiger partial charge is 0.507 e. The van der Waals surface area contributed by atoms with Gasteiger partial charge < -0.3 is 19.6 Å². The van der Waals surface area contributed by atoms with Crippen molar-refractivity contribution in [3.05, 3.63) is 89.0 Å². The Hall–Kier alpha value is -4.26. The second-order valence-corrected chi connectivity index (χ2v) is 10.0. The summed E-state index contributed by atoms with van der Waals surface area (Å²) >= 11 is 0. The van der Waals surface area contributed by atoms with Crippen molar-refractivity contribution >= 4 is 34.5 Å². The Morgan fingerprint density at radius 2 is 1.49 bits per heavy atom. The van der Waals surface area contributed by atoms with E-state index >= 15 is 0 Å². The second-order valence-electron chi connectivity index (χ2n) is 10.0. The van der Waals surface area contributed by atoms with Crippen molar-refractivity contribution in [2.75, 3.05) is 42.9 Å². The van der Waals surface area contributed by atoms with Gasteiger partial charge in [0.15, 0.2) is 0 Å². The molecule has 0 radical (unpaired) electrons. The first-order valence-corrected chi connectivity index (χ1v) is 12.3. The average Bonchev–Trinajstić information content (AvgIpc) is 3.39. The first kappa shape index (κ1) is 24.4. The highest BCUT2D eigenvalue weighted by atomic mass is 16.5. The summed E-state index contributed by atoms with van der Waals surface area (Å²) in [6.45, 7) is 1.99. The van der Waals surface area contributed by atoms with Crippen LogP contribution in [0, 0.1) is 0 Å². The van der Waals surface area contributed by atoms with E-state index in [4.69, 9.17) is 4.74 Å². The lowest BCUT2D eigenvalue weighted by Crippen LogP contribution is -2.29. The molecule has 7 nitrogen and oxygen atoms in total. The van der Waals surface area contributed by atoms with Gasteiger partial charge in [-0.15, -0.1) is 0 Å². The molecule has 1 saturated heterocycles. The lowest BCUT2D eigenvalue weighted by Gasteiger charge is -2.26. The van der Waals surface area contributed by atoms with Crippen LogP contribution in [0.25, 0.3) is 5.76 Å². The number of aliphatic hydroxyl groups is 1. The number of hydrogen-bond donors (Lipinski definition) is 1. The molecule has 0 bridgehead atoms. The molecule has 190 valence electrons. The third kappa shape index (κ3) is 4.31. The van der Waals surface area contributed by atoms with Crippen LogP contribution in [-0.2, 0) is 16.0 Å².